The monoisotopic (exact) mass is 677 g/mol. The van der Waals surface area contributed by atoms with Gasteiger partial charge in [0.15, 0.2) is 0 Å². The van der Waals surface area contributed by atoms with Gasteiger partial charge in [0, 0.05) is 5.02 Å². The average molecular weight is 678 g/mol. The first-order chi connectivity index (χ1) is 23.3. The lowest BCUT2D eigenvalue weighted by atomic mass is 9.78. The van der Waals surface area contributed by atoms with E-state index in [0.717, 1.165) is 41.0 Å². The maximum Gasteiger partial charge on any atom is 0.338 e. The van der Waals surface area contributed by atoms with Gasteiger partial charge in [-0.25, -0.2) is 9.18 Å². The Bertz CT molecular complexity index is 1880. The molecule has 0 radical (unpaired) electrons. The minimum Gasteiger partial charge on any atom is -0.456 e. The zero-order chi connectivity index (χ0) is 34.9. The van der Waals surface area contributed by atoms with Crippen molar-refractivity contribution in [3.05, 3.63) is 130 Å². The third kappa shape index (κ3) is 8.33. The predicted molar refractivity (Wildman–Crippen MR) is 197 cm³/mol. The van der Waals surface area contributed by atoms with E-state index in [1.54, 1.807) is 30.3 Å². The Morgan fingerprint density at radius 1 is 0.959 bits per heavy atom. The number of aryl methyl sites for hydroxylation is 1. The standard InChI is InChI=1S/C43H45ClFNO3/c1-27-24-35(44)19-20-36(27)33-16-21-39(38(45)26-33)46-40(47)37(25-28-6-8-32(9-7-28)41(48)49-42(2,3)4)31-12-10-29(11-13-31)30-14-17-34(18-15-30)43(5)22-23-43/h6-14,16,19-21,24,26,34,37H,15,17-18,22-23,25H2,1-5H3,(H,46,47)/t34?,37-/m1/s1. The van der Waals surface area contributed by atoms with Gasteiger partial charge in [0.1, 0.15) is 11.4 Å². The number of esters is 1. The fraction of sp³-hybridized carbons (Fsp3) is 0.349. The lowest BCUT2D eigenvalue weighted by Gasteiger charge is -2.27. The molecule has 0 aliphatic heterocycles. The average Bonchev–Trinajstić information content (AvgIpc) is 3.82. The zero-order valence-corrected chi connectivity index (χ0v) is 29.8. The molecule has 2 atom stereocenters. The molecule has 1 amide bonds. The molecule has 2 aliphatic rings. The van der Waals surface area contributed by atoms with E-state index >= 15 is 4.39 Å². The molecule has 6 rings (SSSR count). The molecule has 2 aliphatic carbocycles. The van der Waals surface area contributed by atoms with Gasteiger partial charge in [-0.2, -0.15) is 0 Å². The van der Waals surface area contributed by atoms with Crippen LogP contribution in [-0.4, -0.2) is 17.5 Å². The summed E-state index contributed by atoms with van der Waals surface area (Å²) in [5.74, 6) is -1.05. The van der Waals surface area contributed by atoms with Crippen molar-refractivity contribution in [3.8, 4) is 11.1 Å². The zero-order valence-electron chi connectivity index (χ0n) is 29.0. The summed E-state index contributed by atoms with van der Waals surface area (Å²) in [7, 11) is 0. The van der Waals surface area contributed by atoms with Crippen molar-refractivity contribution in [3.63, 3.8) is 0 Å². The summed E-state index contributed by atoms with van der Waals surface area (Å²) in [5, 5.41) is 3.49. The molecule has 0 aromatic heterocycles. The summed E-state index contributed by atoms with van der Waals surface area (Å²) in [4.78, 5) is 26.6. The number of hydrogen-bond acceptors (Lipinski definition) is 3. The first kappa shape index (κ1) is 34.6. The summed E-state index contributed by atoms with van der Waals surface area (Å²) in [6.45, 7) is 9.85. The SMILES string of the molecule is Cc1cc(Cl)ccc1-c1ccc(NC(=O)[C@H](Cc2ccc(C(=O)OC(C)(C)C)cc2)c2ccc(C3=CCC(C4(C)CC4)CC3)cc2)c(F)c1. The number of carbonyl (C=O) groups is 2. The highest BCUT2D eigenvalue weighted by molar-refractivity contribution is 6.30. The normalized spacial score (nSPS) is 17.5. The van der Waals surface area contributed by atoms with E-state index in [-0.39, 0.29) is 11.6 Å². The molecule has 1 N–H and O–H groups in total. The highest BCUT2D eigenvalue weighted by Gasteiger charge is 2.44. The second-order valence-corrected chi connectivity index (χ2v) is 15.5. The van der Waals surface area contributed by atoms with Gasteiger partial charge in [-0.3, -0.25) is 4.79 Å². The quantitative estimate of drug-likeness (QED) is 0.179. The van der Waals surface area contributed by atoms with Crippen LogP contribution in [-0.2, 0) is 16.0 Å². The van der Waals surface area contributed by atoms with Crippen LogP contribution < -0.4 is 5.32 Å². The van der Waals surface area contributed by atoms with Gasteiger partial charge in [-0.1, -0.05) is 73.1 Å². The number of rotatable bonds is 9. The van der Waals surface area contributed by atoms with E-state index in [1.807, 2.05) is 64.1 Å². The summed E-state index contributed by atoms with van der Waals surface area (Å²) >= 11 is 6.13. The molecule has 4 aromatic carbocycles. The number of nitrogens with one attached hydrogen (secondary N) is 1. The molecule has 4 nitrogen and oxygen atoms in total. The molecule has 0 heterocycles. The van der Waals surface area contributed by atoms with Crippen LogP contribution in [0.3, 0.4) is 0 Å². The lowest BCUT2D eigenvalue weighted by molar-refractivity contribution is -0.117. The van der Waals surface area contributed by atoms with E-state index in [9.17, 15) is 9.59 Å². The molecule has 4 aromatic rings. The molecule has 0 bridgehead atoms. The van der Waals surface area contributed by atoms with Crippen LogP contribution in [0.5, 0.6) is 0 Å². The van der Waals surface area contributed by atoms with Gasteiger partial charge in [0.25, 0.3) is 0 Å². The number of anilines is 1. The molecule has 1 unspecified atom stereocenters. The van der Waals surface area contributed by atoms with Gasteiger partial charge in [-0.15, -0.1) is 0 Å². The Kier molecular flexibility index (Phi) is 9.86. The molecule has 49 heavy (non-hydrogen) atoms. The van der Waals surface area contributed by atoms with E-state index in [0.29, 0.717) is 28.0 Å². The van der Waals surface area contributed by atoms with Crippen molar-refractivity contribution in [2.75, 3.05) is 5.32 Å². The molecule has 0 spiro atoms. The topological polar surface area (TPSA) is 55.4 Å². The van der Waals surface area contributed by atoms with Gasteiger partial charge in [-0.05, 0) is 153 Å². The van der Waals surface area contributed by atoms with Gasteiger partial charge < -0.3 is 10.1 Å². The van der Waals surface area contributed by atoms with E-state index < -0.39 is 23.3 Å². The number of benzene rings is 4. The molecule has 1 fully saturated rings. The van der Waals surface area contributed by atoms with E-state index in [2.05, 4.69) is 30.4 Å². The van der Waals surface area contributed by atoms with Crippen LogP contribution in [0.2, 0.25) is 5.02 Å². The van der Waals surface area contributed by atoms with E-state index in [4.69, 9.17) is 16.3 Å². The van der Waals surface area contributed by atoms with Crippen LogP contribution in [0, 0.1) is 24.1 Å². The highest BCUT2D eigenvalue weighted by atomic mass is 35.5. The number of ether oxygens (including phenoxy) is 1. The summed E-state index contributed by atoms with van der Waals surface area (Å²) in [5.41, 5.74) is 7.28. The van der Waals surface area contributed by atoms with Crippen molar-refractivity contribution in [1.82, 2.24) is 0 Å². The Balaban J connectivity index is 1.23. The fourth-order valence-electron chi connectivity index (χ4n) is 6.93. The molecule has 254 valence electrons. The minimum absolute atomic E-state index is 0.119. The third-order valence-corrected chi connectivity index (χ3v) is 10.4. The molecule has 0 saturated heterocycles. The van der Waals surface area contributed by atoms with Crippen molar-refractivity contribution in [2.24, 2.45) is 11.3 Å². The van der Waals surface area contributed by atoms with Crippen molar-refractivity contribution >= 4 is 34.7 Å². The second kappa shape index (κ2) is 14.0. The molecular formula is C43H45ClFNO3. The smallest absolute Gasteiger partial charge is 0.338 e. The van der Waals surface area contributed by atoms with E-state index in [1.165, 1.54) is 36.5 Å². The lowest BCUT2D eigenvalue weighted by Crippen LogP contribution is -2.24. The largest absolute Gasteiger partial charge is 0.456 e. The molecule has 1 saturated carbocycles. The Morgan fingerprint density at radius 3 is 2.24 bits per heavy atom. The van der Waals surface area contributed by atoms with Crippen LogP contribution in [0.25, 0.3) is 16.7 Å². The van der Waals surface area contributed by atoms with Gasteiger partial charge in [0.2, 0.25) is 5.91 Å². The van der Waals surface area contributed by atoms with Gasteiger partial charge >= 0.3 is 5.97 Å². The first-order valence-electron chi connectivity index (χ1n) is 17.3. The number of hydrogen-bond donors (Lipinski definition) is 1. The third-order valence-electron chi connectivity index (χ3n) is 10.2. The van der Waals surface area contributed by atoms with Crippen molar-refractivity contribution in [2.45, 2.75) is 84.7 Å². The van der Waals surface area contributed by atoms with Crippen LogP contribution in [0.4, 0.5) is 10.1 Å². The maximum absolute atomic E-state index is 15.5. The maximum atomic E-state index is 15.5. The highest BCUT2D eigenvalue weighted by Crippen LogP contribution is 2.56. The first-order valence-corrected chi connectivity index (χ1v) is 17.6. The van der Waals surface area contributed by atoms with Crippen LogP contribution >= 0.6 is 11.6 Å². The Morgan fingerprint density at radius 2 is 1.65 bits per heavy atom. The number of carbonyl (C=O) groups excluding carboxylic acids is 2. The minimum atomic E-state index is -0.600. The fourth-order valence-corrected chi connectivity index (χ4v) is 7.16. The number of allylic oxidation sites excluding steroid dienone is 2. The summed E-state index contributed by atoms with van der Waals surface area (Å²) in [6.07, 6.45) is 8.87. The number of amides is 1. The Labute approximate surface area is 294 Å². The summed E-state index contributed by atoms with van der Waals surface area (Å²) < 4.78 is 21.0. The van der Waals surface area contributed by atoms with Crippen LogP contribution in [0.15, 0.2) is 91.0 Å². The van der Waals surface area contributed by atoms with Gasteiger partial charge in [0.05, 0.1) is 17.2 Å². The van der Waals surface area contributed by atoms with Crippen molar-refractivity contribution in [1.29, 1.82) is 0 Å². The van der Waals surface area contributed by atoms with Crippen molar-refractivity contribution < 1.29 is 18.7 Å². The molecule has 6 heteroatoms. The molecular weight excluding hydrogens is 633 g/mol. The van der Waals surface area contributed by atoms with Crippen LogP contribution in [0.1, 0.15) is 98.3 Å². The second-order valence-electron chi connectivity index (χ2n) is 15.1. The predicted octanol–water partition coefficient (Wildman–Crippen LogP) is 11.4. The Hall–Kier alpha value is -4.22. The number of halogens is 2. The summed E-state index contributed by atoms with van der Waals surface area (Å²) in [6, 6.07) is 25.8.